The van der Waals surface area contributed by atoms with E-state index in [9.17, 15) is 5.11 Å². The maximum absolute atomic E-state index is 9.17. The molecule has 0 fully saturated rings. The highest BCUT2D eigenvalue weighted by Crippen LogP contribution is 2.17. The van der Waals surface area contributed by atoms with Gasteiger partial charge in [-0.1, -0.05) is 12.1 Å². The van der Waals surface area contributed by atoms with Gasteiger partial charge in [-0.3, -0.25) is 0 Å². The number of hydrogen-bond donors (Lipinski definition) is 2. The topological polar surface area (TPSA) is 45.1 Å². The summed E-state index contributed by atoms with van der Waals surface area (Å²) in [6, 6.07) is 9.19. The first-order valence-corrected chi connectivity index (χ1v) is 6.08. The summed E-state index contributed by atoms with van der Waals surface area (Å²) in [7, 11) is 0. The van der Waals surface area contributed by atoms with Gasteiger partial charge in [0.2, 0.25) is 0 Å². The molecule has 1 aromatic carbocycles. The number of hydrogen-bond acceptors (Lipinski definition) is 3. The van der Waals surface area contributed by atoms with Gasteiger partial charge in [0.05, 0.1) is 11.9 Å². The monoisotopic (exact) mass is 292 g/mol. The molecule has 0 saturated heterocycles. The van der Waals surface area contributed by atoms with Crippen LogP contribution in [0.5, 0.6) is 5.75 Å². The molecule has 3 nitrogen and oxygen atoms in total. The van der Waals surface area contributed by atoms with E-state index in [1.807, 2.05) is 25.1 Å². The number of halogens is 1. The van der Waals surface area contributed by atoms with Crippen LogP contribution in [-0.4, -0.2) is 10.1 Å². The van der Waals surface area contributed by atoms with Crippen LogP contribution in [-0.2, 0) is 6.54 Å². The Balaban J connectivity index is 2.02. The Morgan fingerprint density at radius 3 is 2.65 bits per heavy atom. The number of aromatic nitrogens is 1. The lowest BCUT2D eigenvalue weighted by atomic mass is 10.2. The van der Waals surface area contributed by atoms with Gasteiger partial charge in [-0.15, -0.1) is 0 Å². The Hall–Kier alpha value is -1.55. The van der Waals surface area contributed by atoms with Crippen molar-refractivity contribution in [3.8, 4) is 5.75 Å². The molecule has 0 aliphatic rings. The molecule has 1 heterocycles. The van der Waals surface area contributed by atoms with Crippen molar-refractivity contribution < 1.29 is 5.11 Å². The average molecular weight is 293 g/mol. The van der Waals surface area contributed by atoms with Gasteiger partial charge in [-0.25, -0.2) is 4.98 Å². The average Bonchev–Trinajstić information content (AvgIpc) is 2.33. The van der Waals surface area contributed by atoms with E-state index in [1.165, 1.54) is 0 Å². The molecule has 17 heavy (non-hydrogen) atoms. The first-order valence-electron chi connectivity index (χ1n) is 5.29. The van der Waals surface area contributed by atoms with Crippen molar-refractivity contribution in [1.29, 1.82) is 0 Å². The summed E-state index contributed by atoms with van der Waals surface area (Å²) < 4.78 is 0.868. The quantitative estimate of drug-likeness (QED) is 0.852. The Bertz CT molecular complexity index is 511. The summed E-state index contributed by atoms with van der Waals surface area (Å²) >= 11 is 3.37. The zero-order valence-corrected chi connectivity index (χ0v) is 11.0. The van der Waals surface area contributed by atoms with Crippen molar-refractivity contribution in [2.45, 2.75) is 13.5 Å². The van der Waals surface area contributed by atoms with Crippen molar-refractivity contribution in [3.63, 3.8) is 0 Å². The second-order valence-corrected chi connectivity index (χ2v) is 4.60. The molecule has 0 unspecified atom stereocenters. The Labute approximate surface area is 109 Å². The zero-order valence-electron chi connectivity index (χ0n) is 9.44. The number of nitrogens with one attached hydrogen (secondary N) is 1. The molecule has 0 saturated carbocycles. The van der Waals surface area contributed by atoms with Crippen LogP contribution in [0.25, 0.3) is 0 Å². The Morgan fingerprint density at radius 1 is 1.29 bits per heavy atom. The number of nitrogens with zero attached hydrogens (tertiary/aromatic N) is 1. The summed E-state index contributed by atoms with van der Waals surface area (Å²) in [4.78, 5) is 4.22. The molecular weight excluding hydrogens is 280 g/mol. The van der Waals surface area contributed by atoms with Crippen LogP contribution in [0, 0.1) is 6.92 Å². The van der Waals surface area contributed by atoms with Crippen molar-refractivity contribution in [2.24, 2.45) is 0 Å². The highest BCUT2D eigenvalue weighted by Gasteiger charge is 1.99. The zero-order chi connectivity index (χ0) is 12.3. The first kappa shape index (κ1) is 11.9. The minimum atomic E-state index is 0.287. The van der Waals surface area contributed by atoms with Gasteiger partial charge in [0.1, 0.15) is 10.4 Å². The maximum atomic E-state index is 9.17. The van der Waals surface area contributed by atoms with Crippen LogP contribution in [0.2, 0.25) is 0 Å². The van der Waals surface area contributed by atoms with Crippen LogP contribution in [0.4, 0.5) is 5.69 Å². The summed E-state index contributed by atoms with van der Waals surface area (Å²) in [5, 5.41) is 12.5. The fraction of sp³-hybridized carbons (Fsp3) is 0.154. The van der Waals surface area contributed by atoms with Crippen LogP contribution >= 0.6 is 15.9 Å². The van der Waals surface area contributed by atoms with Crippen LogP contribution in [0.3, 0.4) is 0 Å². The highest BCUT2D eigenvalue weighted by molar-refractivity contribution is 9.10. The molecule has 1 aromatic heterocycles. The third-order valence-corrected chi connectivity index (χ3v) is 3.28. The first-order chi connectivity index (χ1) is 8.15. The molecule has 2 N–H and O–H groups in total. The number of phenolic OH excluding ortho intramolecular Hbond substituents is 1. The third kappa shape index (κ3) is 3.20. The van der Waals surface area contributed by atoms with Crippen molar-refractivity contribution in [1.82, 2.24) is 4.98 Å². The van der Waals surface area contributed by atoms with Gasteiger partial charge in [0.25, 0.3) is 0 Å². The number of phenols is 1. The molecule has 2 aromatic rings. The molecule has 2 rings (SSSR count). The SMILES string of the molecule is Cc1cc(NCc2ccc(O)cc2)cnc1Br. The number of rotatable bonds is 3. The third-order valence-electron chi connectivity index (χ3n) is 2.45. The number of anilines is 1. The Kier molecular flexibility index (Phi) is 3.64. The minimum absolute atomic E-state index is 0.287. The smallest absolute Gasteiger partial charge is 0.115 e. The summed E-state index contributed by atoms with van der Waals surface area (Å²) in [5.74, 6) is 0.287. The van der Waals surface area contributed by atoms with Gasteiger partial charge in [-0.05, 0) is 52.2 Å². The molecule has 0 aliphatic carbocycles. The second-order valence-electron chi connectivity index (χ2n) is 3.85. The second kappa shape index (κ2) is 5.19. The summed E-state index contributed by atoms with van der Waals surface area (Å²) in [6.45, 7) is 2.71. The van der Waals surface area contributed by atoms with Gasteiger partial charge in [-0.2, -0.15) is 0 Å². The van der Waals surface area contributed by atoms with Crippen molar-refractivity contribution in [3.05, 3.63) is 52.3 Å². The molecular formula is C13H13BrN2O. The lowest BCUT2D eigenvalue weighted by Gasteiger charge is -2.07. The lowest BCUT2D eigenvalue weighted by molar-refractivity contribution is 0.475. The molecule has 0 aliphatic heterocycles. The molecule has 4 heteroatoms. The van der Waals surface area contributed by atoms with Crippen LogP contribution < -0.4 is 5.32 Å². The maximum Gasteiger partial charge on any atom is 0.115 e. The minimum Gasteiger partial charge on any atom is -0.508 e. The summed E-state index contributed by atoms with van der Waals surface area (Å²) in [6.07, 6.45) is 1.79. The fourth-order valence-corrected chi connectivity index (χ4v) is 1.69. The normalized spacial score (nSPS) is 10.2. The fourth-order valence-electron chi connectivity index (χ4n) is 1.47. The van der Waals surface area contributed by atoms with Gasteiger partial charge in [0, 0.05) is 6.54 Å². The van der Waals surface area contributed by atoms with Crippen LogP contribution in [0.15, 0.2) is 41.1 Å². The van der Waals surface area contributed by atoms with E-state index in [0.717, 1.165) is 21.4 Å². The predicted molar refractivity (Wildman–Crippen MR) is 72.1 cm³/mol. The lowest BCUT2D eigenvalue weighted by Crippen LogP contribution is -2.00. The standard InChI is InChI=1S/C13H13BrN2O/c1-9-6-11(8-16-13(9)14)15-7-10-2-4-12(17)5-3-10/h2-6,8,15,17H,7H2,1H3. The number of aryl methyl sites for hydroxylation is 1. The highest BCUT2D eigenvalue weighted by atomic mass is 79.9. The van der Waals surface area contributed by atoms with E-state index in [4.69, 9.17) is 0 Å². The molecule has 88 valence electrons. The molecule has 0 atom stereocenters. The van der Waals surface area contributed by atoms with Crippen molar-refractivity contribution in [2.75, 3.05) is 5.32 Å². The van der Waals surface area contributed by atoms with E-state index < -0.39 is 0 Å². The largest absolute Gasteiger partial charge is 0.508 e. The molecule has 0 radical (unpaired) electrons. The number of aromatic hydroxyl groups is 1. The molecule has 0 amide bonds. The van der Waals surface area contributed by atoms with Gasteiger partial charge in [0.15, 0.2) is 0 Å². The number of pyridine rings is 1. The van der Waals surface area contributed by atoms with E-state index in [1.54, 1.807) is 18.3 Å². The van der Waals surface area contributed by atoms with Crippen LogP contribution in [0.1, 0.15) is 11.1 Å². The van der Waals surface area contributed by atoms with E-state index in [2.05, 4.69) is 26.2 Å². The van der Waals surface area contributed by atoms with E-state index in [0.29, 0.717) is 6.54 Å². The molecule has 0 spiro atoms. The van der Waals surface area contributed by atoms with E-state index >= 15 is 0 Å². The van der Waals surface area contributed by atoms with E-state index in [-0.39, 0.29) is 5.75 Å². The van der Waals surface area contributed by atoms with Gasteiger partial charge >= 0.3 is 0 Å². The molecule has 0 bridgehead atoms. The predicted octanol–water partition coefficient (Wildman–Crippen LogP) is 3.47. The Morgan fingerprint density at radius 2 is 2.00 bits per heavy atom. The number of benzene rings is 1. The van der Waals surface area contributed by atoms with Crippen molar-refractivity contribution >= 4 is 21.6 Å². The van der Waals surface area contributed by atoms with Gasteiger partial charge < -0.3 is 10.4 Å². The summed E-state index contributed by atoms with van der Waals surface area (Å²) in [5.41, 5.74) is 3.20.